The molecule has 0 radical (unpaired) electrons. The van der Waals surface area contributed by atoms with Gasteiger partial charge in [0.05, 0.1) is 39.0 Å². The molecule has 0 bridgehead atoms. The van der Waals surface area contributed by atoms with E-state index in [-0.39, 0.29) is 27.3 Å². The predicted molar refractivity (Wildman–Crippen MR) is 192 cm³/mol. The molecule has 246 valence electrons. The van der Waals surface area contributed by atoms with Gasteiger partial charge in [-0.2, -0.15) is 8.42 Å². The summed E-state index contributed by atoms with van der Waals surface area (Å²) >= 11 is 0.763. The highest BCUT2D eigenvalue weighted by atomic mass is 32.2. The monoisotopic (exact) mass is 712 g/mol. The van der Waals surface area contributed by atoms with E-state index in [1.165, 1.54) is 27.0 Å². The minimum absolute atomic E-state index is 0.0351. The average molecular weight is 713 g/mol. The van der Waals surface area contributed by atoms with E-state index in [2.05, 4.69) is 14.4 Å². The van der Waals surface area contributed by atoms with E-state index in [0.29, 0.717) is 81.2 Å². The van der Waals surface area contributed by atoms with E-state index in [0.717, 1.165) is 28.2 Å². The van der Waals surface area contributed by atoms with Gasteiger partial charge in [-0.25, -0.2) is 15.2 Å². The molecule has 13 nitrogen and oxygen atoms in total. The summed E-state index contributed by atoms with van der Waals surface area (Å²) in [4.78, 5) is 38.1. The lowest BCUT2D eigenvalue weighted by molar-refractivity contribution is -0.432. The summed E-state index contributed by atoms with van der Waals surface area (Å²) in [6.45, 7) is 0. The third-order valence-electron chi connectivity index (χ3n) is 10.0. The van der Waals surface area contributed by atoms with E-state index >= 15 is 0 Å². The molecule has 4 aromatic heterocycles. The van der Waals surface area contributed by atoms with Gasteiger partial charge < -0.3 is 5.11 Å². The highest BCUT2D eigenvalue weighted by Crippen LogP contribution is 2.48. The minimum Gasteiger partial charge on any atom is -0.507 e. The molecule has 0 amide bonds. The molecule has 0 aliphatic carbocycles. The molecule has 15 heteroatoms. The van der Waals surface area contributed by atoms with E-state index < -0.39 is 10.1 Å². The first kappa shape index (κ1) is 28.9. The Morgan fingerprint density at radius 3 is 1.96 bits per heavy atom. The highest BCUT2D eigenvalue weighted by molar-refractivity contribution is 7.94. The molecule has 51 heavy (non-hydrogen) atoms. The summed E-state index contributed by atoms with van der Waals surface area (Å²) in [5.41, 5.74) is 1.69. The first-order valence-corrected chi connectivity index (χ1v) is 17.5. The van der Waals surface area contributed by atoms with Gasteiger partial charge in [0.1, 0.15) is 17.0 Å². The molecule has 4 heterocycles. The summed E-state index contributed by atoms with van der Waals surface area (Å²) in [7, 11) is -4.50. The number of hydrogen-bond donors (Lipinski definition) is 3. The van der Waals surface area contributed by atoms with Crippen molar-refractivity contribution in [2.24, 2.45) is 0 Å². The van der Waals surface area contributed by atoms with Gasteiger partial charge in [0.15, 0.2) is 0 Å². The van der Waals surface area contributed by atoms with Crippen molar-refractivity contribution in [2.45, 2.75) is 9.79 Å². The van der Waals surface area contributed by atoms with E-state index in [1.807, 2.05) is 24.3 Å². The molecule has 0 saturated carbocycles. The number of phenolic OH excluding ortho intramolecular Hbond substituents is 1. The molecule has 7 aromatic carbocycles. The van der Waals surface area contributed by atoms with Crippen molar-refractivity contribution < 1.29 is 32.7 Å². The third-order valence-corrected chi connectivity index (χ3v) is 11.5. The van der Waals surface area contributed by atoms with Crippen molar-refractivity contribution in [2.75, 3.05) is 0 Å². The maximum absolute atomic E-state index is 14.2. The number of aromatic nitrogens is 4. The number of fused-ring (bicyclic) bond motifs is 10. The average Bonchev–Trinajstić information content (AvgIpc) is 3.70. The molecule has 11 rings (SSSR count). The molecule has 0 atom stereocenters. The van der Waals surface area contributed by atoms with Crippen LogP contribution in [0.3, 0.4) is 0 Å². The predicted octanol–water partition coefficient (Wildman–Crippen LogP) is 6.62. The van der Waals surface area contributed by atoms with Gasteiger partial charge in [0.25, 0.3) is 21.2 Å². The van der Waals surface area contributed by atoms with Gasteiger partial charge in [0.2, 0.25) is 0 Å². The van der Waals surface area contributed by atoms with Gasteiger partial charge >= 0.3 is 0 Å². The third kappa shape index (κ3) is 3.51. The maximum atomic E-state index is 14.2. The van der Waals surface area contributed by atoms with Gasteiger partial charge in [-0.15, -0.1) is 4.33 Å². The van der Waals surface area contributed by atoms with Crippen LogP contribution in [0.2, 0.25) is 0 Å². The topological polar surface area (TPSA) is 182 Å². The molecule has 0 spiro atoms. The van der Waals surface area contributed by atoms with Crippen molar-refractivity contribution in [3.8, 4) is 5.75 Å². The Labute approximate surface area is 285 Å². The van der Waals surface area contributed by atoms with Crippen LogP contribution in [0.1, 0.15) is 0 Å². The number of phenols is 1. The SMILES string of the molecule is O=c1c2ccc3c4ccc5c(=O)n6c7cc(SOOO)ccc7nc6c6cc(O)c(c7ccc(c2c37)c2nc3cc(S(=O)(=O)O)ccc3n12)c4c56. The summed E-state index contributed by atoms with van der Waals surface area (Å²) in [5, 5.41) is 31.7. The summed E-state index contributed by atoms with van der Waals surface area (Å²) in [5.74, 6) is -0.0351. The molecule has 0 aliphatic heterocycles. The molecule has 0 fully saturated rings. The van der Waals surface area contributed by atoms with Crippen LogP contribution in [0.5, 0.6) is 5.75 Å². The summed E-state index contributed by atoms with van der Waals surface area (Å²) in [6.07, 6.45) is 0. The molecule has 0 saturated heterocycles. The van der Waals surface area contributed by atoms with E-state index in [4.69, 9.17) is 10.2 Å². The number of imidazole rings is 2. The summed E-state index contributed by atoms with van der Waals surface area (Å²) < 4.78 is 40.9. The van der Waals surface area contributed by atoms with Crippen molar-refractivity contribution in [3.63, 3.8) is 0 Å². The maximum Gasteiger partial charge on any atom is 0.294 e. The van der Waals surface area contributed by atoms with Crippen LogP contribution >= 0.6 is 12.0 Å². The Balaban J connectivity index is 1.29. The Bertz CT molecular complexity index is 3620. The van der Waals surface area contributed by atoms with Gasteiger partial charge in [0, 0.05) is 48.0 Å². The number of nitrogens with zero attached hydrogens (tertiary/aromatic N) is 4. The van der Waals surface area contributed by atoms with Gasteiger partial charge in [-0.1, -0.05) is 23.2 Å². The van der Waals surface area contributed by atoms with E-state index in [9.17, 15) is 27.7 Å². The van der Waals surface area contributed by atoms with E-state index in [1.54, 1.807) is 36.4 Å². The zero-order valence-corrected chi connectivity index (χ0v) is 27.0. The lowest BCUT2D eigenvalue weighted by Gasteiger charge is -2.19. The van der Waals surface area contributed by atoms with Crippen LogP contribution in [0.25, 0.3) is 98.0 Å². The van der Waals surface area contributed by atoms with Crippen LogP contribution in [-0.2, 0) is 19.5 Å². The Kier molecular flexibility index (Phi) is 5.34. The molecule has 3 N–H and O–H groups in total. The number of benzene rings is 7. The van der Waals surface area contributed by atoms with Crippen molar-refractivity contribution >= 4 is 120 Å². The number of hydrogen-bond acceptors (Lipinski definition) is 11. The fourth-order valence-electron chi connectivity index (χ4n) is 8.09. The summed E-state index contributed by atoms with van der Waals surface area (Å²) in [6, 6.07) is 21.6. The second kappa shape index (κ2) is 9.43. The zero-order valence-electron chi connectivity index (χ0n) is 25.4. The second-order valence-corrected chi connectivity index (χ2v) is 14.6. The zero-order chi connectivity index (χ0) is 34.7. The smallest absolute Gasteiger partial charge is 0.294 e. The highest BCUT2D eigenvalue weighted by Gasteiger charge is 2.26. The fourth-order valence-corrected chi connectivity index (χ4v) is 8.98. The van der Waals surface area contributed by atoms with Crippen LogP contribution in [0, 0.1) is 0 Å². The second-order valence-electron chi connectivity index (χ2n) is 12.5. The Morgan fingerprint density at radius 1 is 0.608 bits per heavy atom. The largest absolute Gasteiger partial charge is 0.507 e. The fraction of sp³-hybridized carbons (Fsp3) is 0. The molecule has 11 aromatic rings. The van der Waals surface area contributed by atoms with Crippen LogP contribution in [0.15, 0.2) is 98.2 Å². The van der Waals surface area contributed by atoms with Crippen molar-refractivity contribution in [1.82, 2.24) is 18.8 Å². The van der Waals surface area contributed by atoms with Gasteiger partial charge in [-0.05, 0) is 82.2 Å². The quantitative estimate of drug-likeness (QED) is 0.0443. The van der Waals surface area contributed by atoms with Crippen molar-refractivity contribution in [3.05, 3.63) is 99.6 Å². The van der Waals surface area contributed by atoms with Crippen molar-refractivity contribution in [1.29, 1.82) is 0 Å². The lowest BCUT2D eigenvalue weighted by atomic mass is 9.85. The Hall–Kier alpha value is -5.94. The number of rotatable bonds is 4. The number of aromatic hydroxyl groups is 1. The molecular formula is C36H16N4O9S2. The van der Waals surface area contributed by atoms with Crippen LogP contribution in [0.4, 0.5) is 0 Å². The molecular weight excluding hydrogens is 697 g/mol. The first-order chi connectivity index (χ1) is 24.6. The van der Waals surface area contributed by atoms with Crippen LogP contribution < -0.4 is 11.1 Å². The normalized spacial score (nSPS) is 13.1. The number of pyridine rings is 2. The molecule has 0 aliphatic rings. The lowest BCUT2D eigenvalue weighted by Crippen LogP contribution is -2.14. The molecule has 0 unspecified atom stereocenters. The Morgan fingerprint density at radius 2 is 1.22 bits per heavy atom. The standard InChI is InChI=1S/C36H16N4O9S2/c41-27-13-22-30-21(36(43)40-26-11-14(50-49-48-44)1-9-23(26)37-34(22)40)8-4-17-16-3-7-20-29-19(6-5-18(28(16)29)31(27)32(17)30)33-38-24-12-15(51(45,46)47)2-10-25(24)39(33)35(20)42/h1-13,41,44H,(H,45,46,47). The van der Waals surface area contributed by atoms with Crippen LogP contribution in [-0.4, -0.2) is 42.1 Å². The minimum atomic E-state index is -4.50. The van der Waals surface area contributed by atoms with Gasteiger partial charge in [-0.3, -0.25) is 22.9 Å². The first-order valence-electron chi connectivity index (χ1n) is 15.3.